The summed E-state index contributed by atoms with van der Waals surface area (Å²) in [7, 11) is 0. The number of alkyl halides is 3. The van der Waals surface area contributed by atoms with Crippen molar-refractivity contribution in [3.8, 4) is 11.5 Å². The molecule has 0 aromatic heterocycles. The molecule has 0 unspecified atom stereocenters. The lowest BCUT2D eigenvalue weighted by molar-refractivity contribution is -0.187. The van der Waals surface area contributed by atoms with Gasteiger partial charge >= 0.3 is 6.11 Å². The normalized spacial score (nSPS) is 36.2. The topological polar surface area (TPSA) is 49.7 Å². The molecule has 1 aromatic carbocycles. The highest BCUT2D eigenvalue weighted by molar-refractivity contribution is 5.49. The quantitative estimate of drug-likeness (QED) is 0.821. The van der Waals surface area contributed by atoms with Crippen molar-refractivity contribution in [1.29, 1.82) is 0 Å². The second-order valence-electron chi connectivity index (χ2n) is 8.44. The van der Waals surface area contributed by atoms with E-state index in [2.05, 4.69) is 11.7 Å². The van der Waals surface area contributed by atoms with Crippen LogP contribution < -0.4 is 4.74 Å². The number of aliphatic hydroxyl groups is 1. The van der Waals surface area contributed by atoms with Gasteiger partial charge in [-0.15, -0.1) is 0 Å². The number of ether oxygens (including phenoxy) is 1. The van der Waals surface area contributed by atoms with Crippen molar-refractivity contribution in [2.24, 2.45) is 17.3 Å². The molecule has 2 fully saturated rings. The van der Waals surface area contributed by atoms with Crippen LogP contribution in [0, 0.1) is 17.3 Å². The van der Waals surface area contributed by atoms with Crippen LogP contribution in [0.2, 0.25) is 0 Å². The number of aromatic hydroxyl groups is 1. The molecule has 0 heterocycles. The lowest BCUT2D eigenvalue weighted by atomic mass is 9.55. The molecule has 1 aromatic rings. The first-order chi connectivity index (χ1) is 12.2. The fourth-order valence-electron chi connectivity index (χ4n) is 5.83. The third-order valence-electron chi connectivity index (χ3n) is 7.17. The standard InChI is InChI=1S/C20H25F3O3/c1-19-7-6-12-13(15(19)4-5-18(19)25)3-2-11-8-16(24)17(9-14(11)12)26-20(22,23)10-21/h8-9,12-13,15,18,24-25H,2-7,10H2,1H3/t12-,13+,15-,18-,19-/m0/s1. The van der Waals surface area contributed by atoms with E-state index in [-0.39, 0.29) is 28.9 Å². The van der Waals surface area contributed by atoms with E-state index in [1.165, 1.54) is 12.1 Å². The Balaban J connectivity index is 1.67. The van der Waals surface area contributed by atoms with Crippen LogP contribution in [0.1, 0.15) is 56.1 Å². The molecule has 0 amide bonds. The zero-order valence-electron chi connectivity index (χ0n) is 14.9. The molecular weight excluding hydrogens is 345 g/mol. The first kappa shape index (κ1) is 18.0. The molecule has 0 bridgehead atoms. The summed E-state index contributed by atoms with van der Waals surface area (Å²) in [5, 5.41) is 20.5. The number of benzene rings is 1. The second-order valence-corrected chi connectivity index (χ2v) is 8.44. The highest BCUT2D eigenvalue weighted by Gasteiger charge is 2.54. The Kier molecular flexibility index (Phi) is 4.17. The van der Waals surface area contributed by atoms with Crippen molar-refractivity contribution in [3.05, 3.63) is 23.3 Å². The highest BCUT2D eigenvalue weighted by atomic mass is 19.3. The van der Waals surface area contributed by atoms with Gasteiger partial charge in [-0.2, -0.15) is 8.78 Å². The summed E-state index contributed by atoms with van der Waals surface area (Å²) in [5.74, 6) is 0.315. The van der Waals surface area contributed by atoms with Gasteiger partial charge in [-0.05, 0) is 85.0 Å². The van der Waals surface area contributed by atoms with Crippen LogP contribution in [-0.2, 0) is 6.42 Å². The zero-order valence-corrected chi connectivity index (χ0v) is 14.9. The smallest absolute Gasteiger partial charge is 0.427 e. The van der Waals surface area contributed by atoms with E-state index in [1.807, 2.05) is 0 Å². The predicted molar refractivity (Wildman–Crippen MR) is 90.3 cm³/mol. The van der Waals surface area contributed by atoms with E-state index in [0.29, 0.717) is 11.8 Å². The molecule has 3 nitrogen and oxygen atoms in total. The first-order valence-electron chi connectivity index (χ1n) is 9.42. The van der Waals surface area contributed by atoms with Crippen LogP contribution in [0.25, 0.3) is 0 Å². The monoisotopic (exact) mass is 370 g/mol. The Hall–Kier alpha value is -1.43. The van der Waals surface area contributed by atoms with E-state index in [1.54, 1.807) is 0 Å². The lowest BCUT2D eigenvalue weighted by Gasteiger charge is -2.50. The van der Waals surface area contributed by atoms with E-state index < -0.39 is 12.8 Å². The molecule has 0 aliphatic heterocycles. The van der Waals surface area contributed by atoms with Gasteiger partial charge in [-0.3, -0.25) is 0 Å². The van der Waals surface area contributed by atoms with Gasteiger partial charge in [-0.25, -0.2) is 4.39 Å². The number of halogens is 3. The van der Waals surface area contributed by atoms with E-state index in [9.17, 15) is 23.4 Å². The summed E-state index contributed by atoms with van der Waals surface area (Å²) < 4.78 is 43.5. The summed E-state index contributed by atoms with van der Waals surface area (Å²) in [5.41, 5.74) is 1.84. The molecule has 0 radical (unpaired) electrons. The maximum Gasteiger partial charge on any atom is 0.427 e. The molecule has 6 heteroatoms. The Bertz CT molecular complexity index is 708. The molecule has 26 heavy (non-hydrogen) atoms. The van der Waals surface area contributed by atoms with Gasteiger partial charge in [0.1, 0.15) is 0 Å². The van der Waals surface area contributed by atoms with Crippen LogP contribution in [0.4, 0.5) is 13.2 Å². The number of phenolic OH excluding ortho intramolecular Hbond substituents is 1. The van der Waals surface area contributed by atoms with Crippen molar-refractivity contribution in [3.63, 3.8) is 0 Å². The van der Waals surface area contributed by atoms with Crippen molar-refractivity contribution in [1.82, 2.24) is 0 Å². The Morgan fingerprint density at radius 2 is 2.00 bits per heavy atom. The third-order valence-corrected chi connectivity index (χ3v) is 7.17. The van der Waals surface area contributed by atoms with Gasteiger partial charge in [0.15, 0.2) is 18.2 Å². The van der Waals surface area contributed by atoms with Crippen molar-refractivity contribution >= 4 is 0 Å². The fourth-order valence-corrected chi connectivity index (χ4v) is 5.83. The number of aryl methyl sites for hydroxylation is 1. The van der Waals surface area contributed by atoms with Gasteiger partial charge < -0.3 is 14.9 Å². The van der Waals surface area contributed by atoms with Gasteiger partial charge in [0, 0.05) is 0 Å². The second kappa shape index (κ2) is 6.04. The SMILES string of the molecule is C[C@]12CC[C@@H]3c4cc(OC(F)(F)CF)c(O)cc4CC[C@H]3[C@@H]1CC[C@@H]2O. The third kappa shape index (κ3) is 2.68. The molecule has 0 spiro atoms. The van der Waals surface area contributed by atoms with Crippen LogP contribution in [0.15, 0.2) is 12.1 Å². The summed E-state index contributed by atoms with van der Waals surface area (Å²) in [4.78, 5) is 0. The van der Waals surface area contributed by atoms with Crippen molar-refractivity contribution in [2.45, 2.75) is 63.6 Å². The minimum Gasteiger partial charge on any atom is -0.504 e. The number of hydrogen-bond acceptors (Lipinski definition) is 3. The van der Waals surface area contributed by atoms with Crippen LogP contribution >= 0.6 is 0 Å². The van der Waals surface area contributed by atoms with Gasteiger partial charge in [0.05, 0.1) is 6.10 Å². The fraction of sp³-hybridized carbons (Fsp3) is 0.700. The molecule has 2 saturated carbocycles. The van der Waals surface area contributed by atoms with E-state index in [0.717, 1.165) is 49.7 Å². The Morgan fingerprint density at radius 3 is 2.73 bits per heavy atom. The van der Waals surface area contributed by atoms with Crippen molar-refractivity contribution in [2.75, 3.05) is 6.67 Å². The molecule has 144 valence electrons. The summed E-state index contributed by atoms with van der Waals surface area (Å²) in [6.07, 6.45) is 1.14. The van der Waals surface area contributed by atoms with Crippen LogP contribution in [0.5, 0.6) is 11.5 Å². The molecule has 2 N–H and O–H groups in total. The van der Waals surface area contributed by atoms with Gasteiger partial charge in [0.2, 0.25) is 0 Å². The molecule has 4 rings (SSSR count). The number of aliphatic hydroxyl groups excluding tert-OH is 1. The minimum absolute atomic E-state index is 0.0593. The number of fused-ring (bicyclic) bond motifs is 5. The molecule has 0 saturated heterocycles. The predicted octanol–water partition coefficient (Wildman–Crippen LogP) is 4.55. The number of phenols is 1. The first-order valence-corrected chi connectivity index (χ1v) is 9.42. The Labute approximate surface area is 151 Å². The molecule has 5 atom stereocenters. The van der Waals surface area contributed by atoms with Gasteiger partial charge in [-0.1, -0.05) is 6.92 Å². The Morgan fingerprint density at radius 1 is 1.23 bits per heavy atom. The maximum absolute atomic E-state index is 13.3. The average Bonchev–Trinajstić information content (AvgIpc) is 2.90. The zero-order chi connectivity index (χ0) is 18.7. The molecule has 3 aliphatic carbocycles. The van der Waals surface area contributed by atoms with Gasteiger partial charge in [0.25, 0.3) is 0 Å². The lowest BCUT2D eigenvalue weighted by Crippen LogP contribution is -2.43. The maximum atomic E-state index is 13.3. The largest absolute Gasteiger partial charge is 0.504 e. The van der Waals surface area contributed by atoms with E-state index >= 15 is 0 Å². The summed E-state index contributed by atoms with van der Waals surface area (Å²) >= 11 is 0. The molecule has 3 aliphatic rings. The van der Waals surface area contributed by atoms with Crippen molar-refractivity contribution < 1.29 is 28.1 Å². The minimum atomic E-state index is -3.94. The highest BCUT2D eigenvalue weighted by Crippen LogP contribution is 2.61. The number of rotatable bonds is 3. The van der Waals surface area contributed by atoms with Crippen LogP contribution in [0.3, 0.4) is 0 Å². The van der Waals surface area contributed by atoms with Crippen LogP contribution in [-0.4, -0.2) is 29.1 Å². The van der Waals surface area contributed by atoms with E-state index in [4.69, 9.17) is 0 Å². The molecular formula is C20H25F3O3. The average molecular weight is 370 g/mol. The summed E-state index contributed by atoms with van der Waals surface area (Å²) in [6.45, 7) is 0.238. The summed E-state index contributed by atoms with van der Waals surface area (Å²) in [6, 6.07) is 2.98. The number of hydrogen-bond donors (Lipinski definition) is 2.